The van der Waals surface area contributed by atoms with Crippen LogP contribution in [-0.2, 0) is 0 Å². The summed E-state index contributed by atoms with van der Waals surface area (Å²) >= 11 is 0. The zero-order chi connectivity index (χ0) is 15.9. The summed E-state index contributed by atoms with van der Waals surface area (Å²) < 4.78 is 0. The fourth-order valence-corrected chi connectivity index (χ4v) is 2.33. The molecule has 0 heterocycles. The quantitative estimate of drug-likeness (QED) is 0.452. The number of nitrogens with one attached hydrogen (secondary N) is 1. The van der Waals surface area contributed by atoms with Gasteiger partial charge in [0.15, 0.2) is 0 Å². The molecule has 0 unspecified atom stereocenters. The normalized spacial score (nSPS) is 11.5. The molecule has 0 saturated carbocycles. The van der Waals surface area contributed by atoms with Crippen molar-refractivity contribution in [1.29, 1.82) is 0 Å². The summed E-state index contributed by atoms with van der Waals surface area (Å²) in [4.78, 5) is 0. The molecule has 0 aliphatic heterocycles. The summed E-state index contributed by atoms with van der Waals surface area (Å²) in [6, 6.07) is 21.6. The maximum absolute atomic E-state index is 4.27. The fraction of sp³-hybridized carbons (Fsp3) is 0.111. The number of rotatable bonds is 5. The Kier molecular flexibility index (Phi) is 4.69. The largest absolute Gasteiger partial charge is 0.384 e. The number of fused-ring (bicyclic) bond motifs is 1. The topological polar surface area (TPSA) is 61.5 Å². The zero-order valence-electron chi connectivity index (χ0n) is 12.8. The first-order valence-electron chi connectivity index (χ1n) is 7.51. The monoisotopic (exact) mass is 303 g/mol. The van der Waals surface area contributed by atoms with Gasteiger partial charge in [-0.3, -0.25) is 0 Å². The lowest BCUT2D eigenvalue weighted by molar-refractivity contribution is 0.960. The van der Waals surface area contributed by atoms with E-state index in [1.165, 1.54) is 0 Å². The summed E-state index contributed by atoms with van der Waals surface area (Å²) in [5, 5.41) is 21.4. The van der Waals surface area contributed by atoms with Gasteiger partial charge in [-0.05, 0) is 41.0 Å². The van der Waals surface area contributed by atoms with Crippen LogP contribution in [0, 0.1) is 0 Å². The summed E-state index contributed by atoms with van der Waals surface area (Å²) in [7, 11) is 0. The van der Waals surface area contributed by atoms with Crippen molar-refractivity contribution >= 4 is 27.8 Å². The molecule has 0 bridgehead atoms. The number of anilines is 1. The van der Waals surface area contributed by atoms with Crippen LogP contribution in [0.4, 0.5) is 17.1 Å². The van der Waals surface area contributed by atoms with Crippen LogP contribution in [0.15, 0.2) is 87.4 Å². The summed E-state index contributed by atoms with van der Waals surface area (Å²) in [5.41, 5.74) is 2.46. The lowest BCUT2D eigenvalue weighted by atomic mass is 10.1. The van der Waals surface area contributed by atoms with Crippen LogP contribution in [-0.4, -0.2) is 6.54 Å². The molecular weight excluding hydrogens is 286 g/mol. The van der Waals surface area contributed by atoms with Crippen molar-refractivity contribution in [1.82, 2.24) is 0 Å². The molecule has 3 rings (SSSR count). The second-order valence-electron chi connectivity index (χ2n) is 4.93. The van der Waals surface area contributed by atoms with Crippen LogP contribution in [0.1, 0.15) is 6.92 Å². The maximum atomic E-state index is 4.27. The fourth-order valence-electron chi connectivity index (χ4n) is 2.33. The van der Waals surface area contributed by atoms with Crippen molar-refractivity contribution in [2.24, 2.45) is 20.7 Å². The van der Waals surface area contributed by atoms with Crippen molar-refractivity contribution in [2.45, 2.75) is 6.92 Å². The number of hydrogen-bond donors (Lipinski definition) is 1. The number of benzene rings is 3. The van der Waals surface area contributed by atoms with Gasteiger partial charge in [-0.2, -0.15) is 0 Å². The molecule has 0 atom stereocenters. The Labute approximate surface area is 134 Å². The van der Waals surface area contributed by atoms with E-state index in [0.717, 1.165) is 34.4 Å². The van der Waals surface area contributed by atoms with Crippen LogP contribution in [0.25, 0.3) is 10.8 Å². The molecule has 0 amide bonds. The zero-order valence-corrected chi connectivity index (χ0v) is 12.8. The smallest absolute Gasteiger partial charge is 0.118 e. The van der Waals surface area contributed by atoms with Crippen molar-refractivity contribution in [3.63, 3.8) is 0 Å². The lowest BCUT2D eigenvalue weighted by Crippen LogP contribution is -1.96. The SMILES string of the molecule is CCNc1ccc2ccccc2c1N=NN=Nc1ccccc1. The predicted octanol–water partition coefficient (Wildman–Crippen LogP) is 6.05. The van der Waals surface area contributed by atoms with E-state index < -0.39 is 0 Å². The van der Waals surface area contributed by atoms with E-state index in [1.54, 1.807) is 0 Å². The third-order valence-electron chi connectivity index (χ3n) is 3.37. The molecule has 0 aromatic heterocycles. The van der Waals surface area contributed by atoms with Crippen LogP contribution in [0.3, 0.4) is 0 Å². The molecular formula is C18H17N5. The third-order valence-corrected chi connectivity index (χ3v) is 3.37. The van der Waals surface area contributed by atoms with E-state index in [9.17, 15) is 0 Å². The summed E-state index contributed by atoms with van der Waals surface area (Å²) in [6.45, 7) is 2.86. The van der Waals surface area contributed by atoms with E-state index in [-0.39, 0.29) is 0 Å². The highest BCUT2D eigenvalue weighted by Gasteiger charge is 2.06. The van der Waals surface area contributed by atoms with Gasteiger partial charge in [0.25, 0.3) is 0 Å². The van der Waals surface area contributed by atoms with E-state index >= 15 is 0 Å². The van der Waals surface area contributed by atoms with Gasteiger partial charge in [-0.15, -0.1) is 10.2 Å². The second kappa shape index (κ2) is 7.26. The second-order valence-corrected chi connectivity index (χ2v) is 4.93. The minimum absolute atomic E-state index is 0.747. The Balaban J connectivity index is 1.92. The van der Waals surface area contributed by atoms with Gasteiger partial charge < -0.3 is 5.32 Å². The highest BCUT2D eigenvalue weighted by atomic mass is 15.5. The van der Waals surface area contributed by atoms with Gasteiger partial charge in [0, 0.05) is 11.9 Å². The molecule has 114 valence electrons. The predicted molar refractivity (Wildman–Crippen MR) is 93.6 cm³/mol. The average Bonchev–Trinajstić information content (AvgIpc) is 2.61. The molecule has 0 fully saturated rings. The van der Waals surface area contributed by atoms with E-state index in [4.69, 9.17) is 0 Å². The molecule has 0 aliphatic carbocycles. The van der Waals surface area contributed by atoms with Crippen LogP contribution in [0.5, 0.6) is 0 Å². The Morgan fingerprint density at radius 1 is 0.783 bits per heavy atom. The highest BCUT2D eigenvalue weighted by Crippen LogP contribution is 2.34. The summed E-state index contributed by atoms with van der Waals surface area (Å²) in [5.74, 6) is 0. The molecule has 3 aromatic carbocycles. The van der Waals surface area contributed by atoms with E-state index in [0.29, 0.717) is 0 Å². The first-order valence-corrected chi connectivity index (χ1v) is 7.51. The molecule has 3 aromatic rings. The minimum atomic E-state index is 0.747. The first kappa shape index (κ1) is 14.8. The molecule has 0 aliphatic rings. The molecule has 0 radical (unpaired) electrons. The van der Waals surface area contributed by atoms with Gasteiger partial charge in [0.1, 0.15) is 5.69 Å². The standard InChI is InChI=1S/C18H17N5/c1-2-19-17-13-12-14-8-6-7-11-16(14)18(17)21-23-22-20-15-9-4-3-5-10-15/h3-13,19H,2H2,1H3. The van der Waals surface area contributed by atoms with E-state index in [2.05, 4.69) is 38.1 Å². The van der Waals surface area contributed by atoms with Gasteiger partial charge in [-0.1, -0.05) is 48.5 Å². The molecule has 0 spiro atoms. The van der Waals surface area contributed by atoms with Gasteiger partial charge in [0.05, 0.1) is 11.4 Å². The van der Waals surface area contributed by atoms with Gasteiger partial charge >= 0.3 is 0 Å². The highest BCUT2D eigenvalue weighted by molar-refractivity contribution is 5.98. The maximum Gasteiger partial charge on any atom is 0.118 e. The number of hydrogen-bond acceptors (Lipinski definition) is 3. The molecule has 23 heavy (non-hydrogen) atoms. The van der Waals surface area contributed by atoms with Gasteiger partial charge in [-0.25, -0.2) is 0 Å². The van der Waals surface area contributed by atoms with Gasteiger partial charge in [0.2, 0.25) is 0 Å². The molecule has 1 N–H and O–H groups in total. The third kappa shape index (κ3) is 3.58. The van der Waals surface area contributed by atoms with Crippen molar-refractivity contribution in [2.75, 3.05) is 11.9 Å². The number of nitrogens with zero attached hydrogens (tertiary/aromatic N) is 4. The Morgan fingerprint density at radius 3 is 2.35 bits per heavy atom. The Bertz CT molecular complexity index is 840. The minimum Gasteiger partial charge on any atom is -0.384 e. The first-order chi connectivity index (χ1) is 11.4. The average molecular weight is 303 g/mol. The Hall–Kier alpha value is -3.08. The lowest BCUT2D eigenvalue weighted by Gasteiger charge is -2.09. The Morgan fingerprint density at radius 2 is 1.52 bits per heavy atom. The molecule has 5 nitrogen and oxygen atoms in total. The van der Waals surface area contributed by atoms with Crippen LogP contribution in [0.2, 0.25) is 0 Å². The summed E-state index contributed by atoms with van der Waals surface area (Å²) in [6.07, 6.45) is 0. The van der Waals surface area contributed by atoms with Crippen LogP contribution < -0.4 is 5.32 Å². The van der Waals surface area contributed by atoms with Crippen molar-refractivity contribution in [3.8, 4) is 0 Å². The van der Waals surface area contributed by atoms with Crippen molar-refractivity contribution < 1.29 is 0 Å². The van der Waals surface area contributed by atoms with Crippen molar-refractivity contribution in [3.05, 3.63) is 66.7 Å². The van der Waals surface area contributed by atoms with Crippen LogP contribution >= 0.6 is 0 Å². The van der Waals surface area contributed by atoms with E-state index in [1.807, 2.05) is 61.5 Å². The molecule has 0 saturated heterocycles. The molecule has 5 heteroatoms.